The highest BCUT2D eigenvalue weighted by Crippen LogP contribution is 2.53. The Labute approximate surface area is 156 Å². The molecule has 0 heterocycles. The van der Waals surface area contributed by atoms with E-state index in [-0.39, 0.29) is 11.5 Å². The summed E-state index contributed by atoms with van der Waals surface area (Å²) >= 11 is 0. The van der Waals surface area contributed by atoms with Crippen LogP contribution in [0.1, 0.15) is 58.1 Å². The van der Waals surface area contributed by atoms with Gasteiger partial charge in [0.05, 0.1) is 0 Å². The van der Waals surface area contributed by atoms with Crippen LogP contribution in [0.4, 0.5) is 4.79 Å². The molecule has 0 radical (unpaired) electrons. The molecule has 4 heteroatoms. The normalized spacial score (nSPS) is 19.9. The lowest BCUT2D eigenvalue weighted by Crippen LogP contribution is -2.05. The van der Waals surface area contributed by atoms with Crippen molar-refractivity contribution in [3.63, 3.8) is 0 Å². The van der Waals surface area contributed by atoms with Crippen LogP contribution in [-0.2, 0) is 0 Å². The lowest BCUT2D eigenvalue weighted by atomic mass is 9.89. The van der Waals surface area contributed by atoms with Crippen LogP contribution in [0, 0.1) is 0 Å². The van der Waals surface area contributed by atoms with Crippen LogP contribution in [0.3, 0.4) is 0 Å². The van der Waals surface area contributed by atoms with Crippen molar-refractivity contribution in [1.29, 1.82) is 0 Å². The highest BCUT2D eigenvalue weighted by Gasteiger charge is 2.36. The Morgan fingerprint density at radius 2 is 1.48 bits per heavy atom. The first-order chi connectivity index (χ1) is 13.1. The third kappa shape index (κ3) is 2.69. The number of benzene rings is 3. The topological polar surface area (TPSA) is 63.6 Å². The average Bonchev–Trinajstić information content (AvgIpc) is 3.28. The molecule has 0 aliphatic heterocycles. The predicted octanol–water partition coefficient (Wildman–Crippen LogP) is 5.49. The minimum Gasteiger partial charge on any atom is -0.449 e. The van der Waals surface area contributed by atoms with Gasteiger partial charge in [0, 0.05) is 11.1 Å². The Bertz CT molecular complexity index is 1100. The molecule has 1 saturated carbocycles. The molecule has 2 aliphatic rings. The fourth-order valence-electron chi connectivity index (χ4n) is 4.68. The summed E-state index contributed by atoms with van der Waals surface area (Å²) in [5.74, 6) is 1.61. The van der Waals surface area contributed by atoms with Gasteiger partial charge in [-0.2, -0.15) is 0 Å². The molecule has 1 fully saturated rings. The van der Waals surface area contributed by atoms with E-state index in [9.17, 15) is 9.59 Å². The van der Waals surface area contributed by atoms with Crippen molar-refractivity contribution in [3.05, 3.63) is 76.9 Å². The third-order valence-electron chi connectivity index (χ3n) is 5.94. The van der Waals surface area contributed by atoms with Crippen LogP contribution in [0.25, 0.3) is 10.8 Å². The van der Waals surface area contributed by atoms with Gasteiger partial charge in [-0.15, -0.1) is 0 Å². The minimum absolute atomic E-state index is 0.0216. The molecule has 27 heavy (non-hydrogen) atoms. The second kappa shape index (κ2) is 5.95. The summed E-state index contributed by atoms with van der Waals surface area (Å²) in [6, 6.07) is 16.7. The second-order valence-electron chi connectivity index (χ2n) is 7.47. The zero-order valence-electron chi connectivity index (χ0n) is 14.6. The molecule has 0 aromatic heterocycles. The van der Waals surface area contributed by atoms with Crippen LogP contribution >= 0.6 is 0 Å². The number of fused-ring (bicyclic) bond motifs is 6. The number of hydrogen-bond donors (Lipinski definition) is 1. The predicted molar refractivity (Wildman–Crippen MR) is 102 cm³/mol. The van der Waals surface area contributed by atoms with Gasteiger partial charge in [0.15, 0.2) is 5.78 Å². The van der Waals surface area contributed by atoms with Crippen LogP contribution in [0.5, 0.6) is 5.75 Å². The Morgan fingerprint density at radius 3 is 2.30 bits per heavy atom. The third-order valence-corrected chi connectivity index (χ3v) is 5.94. The Hall–Kier alpha value is -3.14. The van der Waals surface area contributed by atoms with E-state index < -0.39 is 6.16 Å². The van der Waals surface area contributed by atoms with Gasteiger partial charge in [0.1, 0.15) is 5.75 Å². The monoisotopic (exact) mass is 358 g/mol. The van der Waals surface area contributed by atoms with Crippen molar-refractivity contribution in [2.24, 2.45) is 0 Å². The number of carboxylic acid groups (broad SMARTS) is 1. The number of ether oxygens (including phenoxy) is 1. The first-order valence-electron chi connectivity index (χ1n) is 9.21. The van der Waals surface area contributed by atoms with Gasteiger partial charge in [0.25, 0.3) is 0 Å². The molecule has 2 atom stereocenters. The fraction of sp³-hybridized carbons (Fsp3) is 0.217. The number of carbonyl (C=O) groups excluding carboxylic acids is 1. The number of ketones is 1. The molecule has 134 valence electrons. The van der Waals surface area contributed by atoms with Crippen molar-refractivity contribution in [3.8, 4) is 5.75 Å². The number of rotatable bonds is 3. The molecule has 0 amide bonds. The molecule has 0 saturated heterocycles. The quantitative estimate of drug-likeness (QED) is 0.382. The largest absolute Gasteiger partial charge is 0.511 e. The van der Waals surface area contributed by atoms with E-state index in [0.717, 1.165) is 16.3 Å². The molecule has 1 N–H and O–H groups in total. The molecule has 3 aromatic carbocycles. The molecule has 5 rings (SSSR count). The molecule has 2 aliphatic carbocycles. The second-order valence-corrected chi connectivity index (χ2v) is 7.47. The summed E-state index contributed by atoms with van der Waals surface area (Å²) in [5.41, 5.74) is 4.18. The summed E-state index contributed by atoms with van der Waals surface area (Å²) < 4.78 is 4.69. The van der Waals surface area contributed by atoms with Gasteiger partial charge in [-0.05, 0) is 77.3 Å². The maximum absolute atomic E-state index is 13.0. The van der Waals surface area contributed by atoms with Crippen molar-refractivity contribution in [2.75, 3.05) is 0 Å². The maximum atomic E-state index is 13.0. The maximum Gasteiger partial charge on any atom is 0.511 e. The smallest absolute Gasteiger partial charge is 0.449 e. The molecule has 0 spiro atoms. The van der Waals surface area contributed by atoms with Crippen LogP contribution < -0.4 is 4.74 Å². The van der Waals surface area contributed by atoms with E-state index in [1.54, 1.807) is 24.3 Å². The van der Waals surface area contributed by atoms with Crippen LogP contribution in [-0.4, -0.2) is 17.0 Å². The summed E-state index contributed by atoms with van der Waals surface area (Å²) in [5, 5.41) is 10.4. The summed E-state index contributed by atoms with van der Waals surface area (Å²) in [4.78, 5) is 23.7. The molecule has 4 nitrogen and oxygen atoms in total. The number of hydrogen-bond acceptors (Lipinski definition) is 3. The lowest BCUT2D eigenvalue weighted by molar-refractivity contribution is 0.103. The number of carbonyl (C=O) groups is 2. The standard InChI is InChI=1S/C23H18O4/c24-22(18-6-8-20-15-2-3-16(10-15)21(20)12-18)17-4-1-14-11-19(27-23(25)26)7-5-13(14)9-17/h1,4-9,11-12,15-16H,2-3,10H2,(H,25,26). The summed E-state index contributed by atoms with van der Waals surface area (Å²) in [6.07, 6.45) is 2.42. The van der Waals surface area contributed by atoms with E-state index in [2.05, 4.69) is 16.9 Å². The van der Waals surface area contributed by atoms with Crippen molar-refractivity contribution in [2.45, 2.75) is 31.1 Å². The van der Waals surface area contributed by atoms with Crippen molar-refractivity contribution in [1.82, 2.24) is 0 Å². The first-order valence-corrected chi connectivity index (χ1v) is 9.21. The Morgan fingerprint density at radius 1 is 0.815 bits per heavy atom. The Kier molecular flexibility index (Phi) is 3.54. The zero-order valence-corrected chi connectivity index (χ0v) is 14.6. The van der Waals surface area contributed by atoms with E-state index in [0.29, 0.717) is 17.4 Å². The lowest BCUT2D eigenvalue weighted by Gasteiger charge is -2.16. The molecule has 3 aromatic rings. The molecule has 2 unspecified atom stereocenters. The van der Waals surface area contributed by atoms with Gasteiger partial charge in [-0.3, -0.25) is 4.79 Å². The average molecular weight is 358 g/mol. The molecule has 2 bridgehead atoms. The van der Waals surface area contributed by atoms with Gasteiger partial charge in [-0.25, -0.2) is 4.79 Å². The van der Waals surface area contributed by atoms with Crippen LogP contribution in [0.2, 0.25) is 0 Å². The fourth-order valence-corrected chi connectivity index (χ4v) is 4.68. The van der Waals surface area contributed by atoms with E-state index in [1.807, 2.05) is 18.2 Å². The molecular formula is C23H18O4. The zero-order chi connectivity index (χ0) is 18.5. The van der Waals surface area contributed by atoms with E-state index in [1.165, 1.54) is 30.4 Å². The molecular weight excluding hydrogens is 340 g/mol. The Balaban J connectivity index is 1.47. The van der Waals surface area contributed by atoms with Crippen LogP contribution in [0.15, 0.2) is 54.6 Å². The van der Waals surface area contributed by atoms with Gasteiger partial charge in [0.2, 0.25) is 0 Å². The van der Waals surface area contributed by atoms with Gasteiger partial charge >= 0.3 is 6.16 Å². The summed E-state index contributed by atoms with van der Waals surface area (Å²) in [6.45, 7) is 0. The van der Waals surface area contributed by atoms with E-state index in [4.69, 9.17) is 5.11 Å². The minimum atomic E-state index is -1.34. The van der Waals surface area contributed by atoms with E-state index >= 15 is 0 Å². The SMILES string of the molecule is O=C(O)Oc1ccc2cc(C(=O)c3ccc4c(c3)C3CCC4C3)ccc2c1. The first kappa shape index (κ1) is 16.1. The van der Waals surface area contributed by atoms with Gasteiger partial charge in [-0.1, -0.05) is 30.3 Å². The summed E-state index contributed by atoms with van der Waals surface area (Å²) in [7, 11) is 0. The highest BCUT2D eigenvalue weighted by atomic mass is 16.7. The van der Waals surface area contributed by atoms with Gasteiger partial charge < -0.3 is 9.84 Å². The van der Waals surface area contributed by atoms with Crippen molar-refractivity contribution >= 4 is 22.7 Å². The van der Waals surface area contributed by atoms with Crippen molar-refractivity contribution < 1.29 is 19.4 Å². The highest BCUT2D eigenvalue weighted by molar-refractivity contribution is 6.10.